The van der Waals surface area contributed by atoms with E-state index in [9.17, 15) is 5.11 Å². The van der Waals surface area contributed by atoms with Crippen LogP contribution in [-0.4, -0.2) is 53.8 Å². The maximum atomic E-state index is 9.87. The van der Waals surface area contributed by atoms with Gasteiger partial charge in [0.25, 0.3) is 0 Å². The summed E-state index contributed by atoms with van der Waals surface area (Å²) in [5.74, 6) is 0.439. The molecule has 6 unspecified atom stereocenters. The van der Waals surface area contributed by atoms with Gasteiger partial charge in [-0.1, -0.05) is 17.7 Å². The molecule has 6 atom stereocenters. The molecule has 1 aliphatic carbocycles. The molecule has 3 rings (SSSR count). The highest BCUT2D eigenvalue weighted by Gasteiger charge is 2.37. The quantitative estimate of drug-likeness (QED) is 0.165. The van der Waals surface area contributed by atoms with Crippen molar-refractivity contribution in [2.45, 2.75) is 89.2 Å². The van der Waals surface area contributed by atoms with Gasteiger partial charge in [-0.2, -0.15) is 0 Å². The molecule has 0 bridgehead atoms. The molecule has 0 aromatic rings. The van der Waals surface area contributed by atoms with E-state index in [0.717, 1.165) is 51.6 Å². The van der Waals surface area contributed by atoms with Crippen LogP contribution in [0.5, 0.6) is 0 Å². The van der Waals surface area contributed by atoms with E-state index in [-0.39, 0.29) is 24.6 Å². The summed E-state index contributed by atoms with van der Waals surface area (Å²) in [7, 11) is 0. The van der Waals surface area contributed by atoms with Crippen molar-refractivity contribution in [1.82, 2.24) is 21.3 Å². The number of hydrogen-bond acceptors (Lipinski definition) is 7. The Hall–Kier alpha value is -1.96. The minimum absolute atomic E-state index is 0.0637. The minimum Gasteiger partial charge on any atom is -0.495 e. The lowest BCUT2D eigenvalue weighted by Crippen LogP contribution is -2.50. The number of ether oxygens (including phenoxy) is 1. The molecule has 32 heavy (non-hydrogen) atoms. The van der Waals surface area contributed by atoms with Crippen molar-refractivity contribution in [3.63, 3.8) is 0 Å². The normalized spacial score (nSPS) is 31.4. The first kappa shape index (κ1) is 24.7. The van der Waals surface area contributed by atoms with E-state index in [4.69, 9.17) is 9.84 Å². The van der Waals surface area contributed by atoms with Crippen LogP contribution in [0.25, 0.3) is 0 Å². The van der Waals surface area contributed by atoms with Gasteiger partial charge in [-0.15, -0.1) is 0 Å². The second kappa shape index (κ2) is 12.9. The molecular weight excluding hydrogens is 404 g/mol. The van der Waals surface area contributed by atoms with Crippen molar-refractivity contribution >= 4 is 0 Å². The fourth-order valence-corrected chi connectivity index (χ4v) is 5.12. The van der Waals surface area contributed by atoms with Crippen molar-refractivity contribution in [3.05, 3.63) is 48.2 Å². The van der Waals surface area contributed by atoms with E-state index < -0.39 is 0 Å². The Bertz CT molecular complexity index is 691. The third-order valence-electron chi connectivity index (χ3n) is 6.89. The van der Waals surface area contributed by atoms with Crippen molar-refractivity contribution in [2.75, 3.05) is 13.2 Å². The molecule has 7 nitrogen and oxygen atoms in total. The molecule has 3 aliphatic rings. The molecule has 0 spiro atoms. The summed E-state index contributed by atoms with van der Waals surface area (Å²) >= 11 is 0. The zero-order valence-corrected chi connectivity index (χ0v) is 19.6. The average Bonchev–Trinajstić information content (AvgIpc) is 2.80. The minimum atomic E-state index is -0.163. The van der Waals surface area contributed by atoms with Crippen molar-refractivity contribution in [3.8, 4) is 0 Å². The van der Waals surface area contributed by atoms with Gasteiger partial charge in [-0.25, -0.2) is 0 Å². The zero-order chi connectivity index (χ0) is 22.8. The summed E-state index contributed by atoms with van der Waals surface area (Å²) in [6.45, 7) is 4.94. The van der Waals surface area contributed by atoms with Gasteiger partial charge in [-0.3, -0.25) is 5.32 Å². The lowest BCUT2D eigenvalue weighted by molar-refractivity contribution is 0.00798. The smallest absolute Gasteiger partial charge is 0.182 e. The second-order valence-corrected chi connectivity index (χ2v) is 9.11. The van der Waals surface area contributed by atoms with Crippen LogP contribution in [0.1, 0.15) is 58.8 Å². The fourth-order valence-electron chi connectivity index (χ4n) is 5.12. The molecule has 0 radical (unpaired) electrons. The standard InChI is InChI=1S/C25H42N4O3/c1-3-19(18(2)28-24-8-4-5-13-27-24)7-6-16-32-23-11-14-26-22-10-9-20(17-21(22)23)29-25(31)12-15-30/h3,5,11-14,18,20-24,26-31H,4,6-10,15-17H2,1-2H3/b19-3+,25-12+. The Morgan fingerprint density at radius 3 is 2.88 bits per heavy atom. The van der Waals surface area contributed by atoms with Crippen LogP contribution >= 0.6 is 0 Å². The fraction of sp³-hybridized carbons (Fsp3) is 0.680. The first-order valence-corrected chi connectivity index (χ1v) is 12.2. The Kier molecular flexibility index (Phi) is 9.96. The van der Waals surface area contributed by atoms with Crippen LogP contribution in [-0.2, 0) is 4.74 Å². The molecule has 0 aromatic carbocycles. The predicted octanol–water partition coefficient (Wildman–Crippen LogP) is 2.93. The summed E-state index contributed by atoms with van der Waals surface area (Å²) in [5, 5.41) is 32.5. The largest absolute Gasteiger partial charge is 0.495 e. The summed E-state index contributed by atoms with van der Waals surface area (Å²) in [6, 6.07) is 0.958. The predicted molar refractivity (Wildman–Crippen MR) is 129 cm³/mol. The SMILES string of the molecule is C/C=C(\CCCOC1C=CNC2CCC(N/C(O)=C\CO)CC21)C(C)NC1CCC=CN1. The van der Waals surface area contributed by atoms with Gasteiger partial charge in [0.05, 0.1) is 18.9 Å². The highest BCUT2D eigenvalue weighted by molar-refractivity contribution is 5.10. The van der Waals surface area contributed by atoms with E-state index in [1.807, 2.05) is 12.4 Å². The molecule has 1 fully saturated rings. The lowest BCUT2D eigenvalue weighted by Gasteiger charge is -2.42. The van der Waals surface area contributed by atoms with Gasteiger partial charge in [-0.05, 0) is 77.3 Å². The van der Waals surface area contributed by atoms with E-state index >= 15 is 0 Å². The third-order valence-corrected chi connectivity index (χ3v) is 6.89. The topological polar surface area (TPSA) is 97.8 Å². The highest BCUT2D eigenvalue weighted by atomic mass is 16.5. The van der Waals surface area contributed by atoms with E-state index in [1.54, 1.807) is 0 Å². The number of rotatable bonds is 11. The first-order chi connectivity index (χ1) is 15.6. The van der Waals surface area contributed by atoms with Gasteiger partial charge >= 0.3 is 0 Å². The van der Waals surface area contributed by atoms with E-state index in [2.05, 4.69) is 53.3 Å². The maximum absolute atomic E-state index is 9.87. The summed E-state index contributed by atoms with van der Waals surface area (Å²) in [6.07, 6.45) is 19.7. The van der Waals surface area contributed by atoms with Crippen molar-refractivity contribution in [1.29, 1.82) is 0 Å². The second-order valence-electron chi connectivity index (χ2n) is 9.11. The maximum Gasteiger partial charge on any atom is 0.182 e. The van der Waals surface area contributed by atoms with Crippen LogP contribution < -0.4 is 21.3 Å². The number of aliphatic hydroxyl groups excluding tert-OH is 2. The summed E-state index contributed by atoms with van der Waals surface area (Å²) in [5.41, 5.74) is 1.43. The molecule has 6 N–H and O–H groups in total. The Morgan fingerprint density at radius 2 is 2.12 bits per heavy atom. The number of allylic oxidation sites excluding steroid dienone is 2. The van der Waals surface area contributed by atoms with Crippen LogP contribution in [0.4, 0.5) is 0 Å². The first-order valence-electron chi connectivity index (χ1n) is 12.2. The van der Waals surface area contributed by atoms with Crippen LogP contribution in [0.15, 0.2) is 48.2 Å². The van der Waals surface area contributed by atoms with Crippen LogP contribution in [0.2, 0.25) is 0 Å². The van der Waals surface area contributed by atoms with Gasteiger partial charge in [0, 0.05) is 36.7 Å². The van der Waals surface area contributed by atoms with E-state index in [0.29, 0.717) is 24.2 Å². The zero-order valence-electron chi connectivity index (χ0n) is 19.6. The summed E-state index contributed by atoms with van der Waals surface area (Å²) in [4.78, 5) is 0. The highest BCUT2D eigenvalue weighted by Crippen LogP contribution is 2.32. The molecule has 0 amide bonds. The van der Waals surface area contributed by atoms with Crippen molar-refractivity contribution < 1.29 is 14.9 Å². The van der Waals surface area contributed by atoms with Crippen LogP contribution in [0, 0.1) is 5.92 Å². The number of nitrogens with one attached hydrogen (secondary N) is 4. The molecule has 2 aliphatic heterocycles. The molecule has 0 saturated heterocycles. The molecule has 7 heteroatoms. The van der Waals surface area contributed by atoms with Gasteiger partial charge in [0.2, 0.25) is 0 Å². The third kappa shape index (κ3) is 7.29. The Morgan fingerprint density at radius 1 is 1.25 bits per heavy atom. The lowest BCUT2D eigenvalue weighted by atomic mass is 9.77. The van der Waals surface area contributed by atoms with Crippen molar-refractivity contribution in [2.24, 2.45) is 5.92 Å². The van der Waals surface area contributed by atoms with Crippen LogP contribution in [0.3, 0.4) is 0 Å². The molecule has 2 heterocycles. The van der Waals surface area contributed by atoms with Gasteiger partial charge in [0.1, 0.15) is 0 Å². The number of hydrogen-bond donors (Lipinski definition) is 6. The average molecular weight is 447 g/mol. The van der Waals surface area contributed by atoms with Gasteiger partial charge in [0.15, 0.2) is 5.88 Å². The molecule has 0 aromatic heterocycles. The van der Waals surface area contributed by atoms with Gasteiger partial charge < -0.3 is 30.9 Å². The number of aliphatic hydroxyl groups is 2. The molecule has 180 valence electrons. The Labute approximate surface area is 193 Å². The Balaban J connectivity index is 1.42. The number of fused-ring (bicyclic) bond motifs is 1. The summed E-state index contributed by atoms with van der Waals surface area (Å²) < 4.78 is 6.34. The monoisotopic (exact) mass is 446 g/mol. The molecular formula is C25H42N4O3. The molecule has 1 saturated carbocycles. The van der Waals surface area contributed by atoms with E-state index in [1.165, 1.54) is 11.6 Å².